The standard InChI is InChI=1S/C11H20N2O3S/c1-3-9(10(14)15)13-11(16)12-7-4-5-8(6-7)17-2/h7-9H,3-6H2,1-2H3,(H,14,15)(H2,12,13,16)/t7?,8?,9-/m1/s1. The molecule has 1 saturated carbocycles. The number of urea groups is 1. The van der Waals surface area contributed by atoms with E-state index in [0.29, 0.717) is 11.7 Å². The molecule has 0 aromatic carbocycles. The maximum Gasteiger partial charge on any atom is 0.326 e. The fraction of sp³-hybridized carbons (Fsp3) is 0.818. The lowest BCUT2D eigenvalue weighted by Gasteiger charge is -2.16. The summed E-state index contributed by atoms with van der Waals surface area (Å²) in [6, 6.07) is -0.988. The van der Waals surface area contributed by atoms with Crippen molar-refractivity contribution in [3.8, 4) is 0 Å². The molecule has 2 unspecified atom stereocenters. The molecule has 17 heavy (non-hydrogen) atoms. The SMILES string of the molecule is CC[C@@H](NC(=O)NC1CCC(SC)C1)C(=O)O. The Labute approximate surface area is 106 Å². The molecular weight excluding hydrogens is 240 g/mol. The molecule has 2 amide bonds. The molecule has 0 saturated heterocycles. The van der Waals surface area contributed by atoms with Crippen molar-refractivity contribution >= 4 is 23.8 Å². The molecule has 0 radical (unpaired) electrons. The summed E-state index contributed by atoms with van der Waals surface area (Å²) in [7, 11) is 0. The largest absolute Gasteiger partial charge is 0.480 e. The zero-order valence-corrected chi connectivity index (χ0v) is 11.0. The fourth-order valence-electron chi connectivity index (χ4n) is 2.01. The van der Waals surface area contributed by atoms with E-state index >= 15 is 0 Å². The summed E-state index contributed by atoms with van der Waals surface area (Å²) in [6.45, 7) is 1.73. The first kappa shape index (κ1) is 14.2. The first-order valence-corrected chi connectivity index (χ1v) is 7.18. The third kappa shape index (κ3) is 4.46. The van der Waals surface area contributed by atoms with Gasteiger partial charge in [0.15, 0.2) is 0 Å². The van der Waals surface area contributed by atoms with Crippen LogP contribution in [0.25, 0.3) is 0 Å². The maximum atomic E-state index is 11.6. The van der Waals surface area contributed by atoms with Crippen LogP contribution in [0.4, 0.5) is 4.79 Å². The highest BCUT2D eigenvalue weighted by atomic mass is 32.2. The van der Waals surface area contributed by atoms with Gasteiger partial charge in [0.1, 0.15) is 6.04 Å². The third-order valence-electron chi connectivity index (χ3n) is 3.06. The Hall–Kier alpha value is -0.910. The first-order chi connectivity index (χ1) is 8.06. The number of carboxylic acid groups (broad SMARTS) is 1. The van der Waals surface area contributed by atoms with Gasteiger partial charge in [-0.25, -0.2) is 9.59 Å². The van der Waals surface area contributed by atoms with Crippen LogP contribution in [-0.2, 0) is 4.79 Å². The highest BCUT2D eigenvalue weighted by Gasteiger charge is 2.26. The second-order valence-corrected chi connectivity index (χ2v) is 5.42. The summed E-state index contributed by atoms with van der Waals surface area (Å²) in [5.41, 5.74) is 0. The molecule has 3 N–H and O–H groups in total. The lowest BCUT2D eigenvalue weighted by molar-refractivity contribution is -0.139. The molecule has 5 nitrogen and oxygen atoms in total. The van der Waals surface area contributed by atoms with Crippen LogP contribution in [0.3, 0.4) is 0 Å². The van der Waals surface area contributed by atoms with Gasteiger partial charge in [0.2, 0.25) is 0 Å². The van der Waals surface area contributed by atoms with E-state index in [1.165, 1.54) is 0 Å². The van der Waals surface area contributed by atoms with E-state index in [4.69, 9.17) is 5.11 Å². The van der Waals surface area contributed by atoms with Gasteiger partial charge in [0.25, 0.3) is 0 Å². The lowest BCUT2D eigenvalue weighted by Crippen LogP contribution is -2.48. The van der Waals surface area contributed by atoms with E-state index in [-0.39, 0.29) is 12.1 Å². The van der Waals surface area contributed by atoms with E-state index in [2.05, 4.69) is 16.9 Å². The van der Waals surface area contributed by atoms with Gasteiger partial charge in [0.05, 0.1) is 0 Å². The van der Waals surface area contributed by atoms with Crippen LogP contribution in [0, 0.1) is 0 Å². The highest BCUT2D eigenvalue weighted by molar-refractivity contribution is 7.99. The Balaban J connectivity index is 2.32. The van der Waals surface area contributed by atoms with Gasteiger partial charge in [-0.2, -0.15) is 11.8 Å². The van der Waals surface area contributed by atoms with Crippen LogP contribution >= 0.6 is 11.8 Å². The number of nitrogens with one attached hydrogen (secondary N) is 2. The van der Waals surface area contributed by atoms with Crippen molar-refractivity contribution in [3.05, 3.63) is 0 Å². The maximum absolute atomic E-state index is 11.6. The van der Waals surface area contributed by atoms with Gasteiger partial charge in [-0.15, -0.1) is 0 Å². The summed E-state index contributed by atoms with van der Waals surface area (Å²) in [4.78, 5) is 22.3. The summed E-state index contributed by atoms with van der Waals surface area (Å²) < 4.78 is 0. The molecule has 1 aliphatic carbocycles. The highest BCUT2D eigenvalue weighted by Crippen LogP contribution is 2.27. The number of thioether (sulfide) groups is 1. The molecule has 1 aliphatic rings. The summed E-state index contributed by atoms with van der Waals surface area (Å²) >= 11 is 1.82. The molecule has 0 heterocycles. The van der Waals surface area contributed by atoms with Crippen molar-refractivity contribution < 1.29 is 14.7 Å². The van der Waals surface area contributed by atoms with E-state index in [0.717, 1.165) is 19.3 Å². The lowest BCUT2D eigenvalue weighted by atomic mass is 10.2. The Bertz CT molecular complexity index is 286. The van der Waals surface area contributed by atoms with E-state index < -0.39 is 12.0 Å². The van der Waals surface area contributed by atoms with E-state index in [1.54, 1.807) is 6.92 Å². The summed E-state index contributed by atoms with van der Waals surface area (Å²) in [6.07, 6.45) is 5.52. The second-order valence-electron chi connectivity index (χ2n) is 4.28. The minimum atomic E-state index is -0.990. The van der Waals surface area contributed by atoms with Crippen LogP contribution in [0.2, 0.25) is 0 Å². The Morgan fingerprint density at radius 1 is 1.47 bits per heavy atom. The van der Waals surface area contributed by atoms with Gasteiger partial charge < -0.3 is 15.7 Å². The van der Waals surface area contributed by atoms with Crippen LogP contribution in [-0.4, -0.2) is 40.7 Å². The average Bonchev–Trinajstić information content (AvgIpc) is 2.73. The molecule has 1 fully saturated rings. The number of amides is 2. The average molecular weight is 260 g/mol. The van der Waals surface area contributed by atoms with Crippen molar-refractivity contribution in [2.24, 2.45) is 0 Å². The van der Waals surface area contributed by atoms with Crippen molar-refractivity contribution in [3.63, 3.8) is 0 Å². The molecule has 98 valence electrons. The van der Waals surface area contributed by atoms with Gasteiger partial charge in [0, 0.05) is 11.3 Å². The minimum Gasteiger partial charge on any atom is -0.480 e. The van der Waals surface area contributed by atoms with Crippen LogP contribution in [0.15, 0.2) is 0 Å². The predicted octanol–water partition coefficient (Wildman–Crippen LogP) is 1.43. The number of carbonyl (C=O) groups excluding carboxylic acids is 1. The fourth-order valence-corrected chi connectivity index (χ4v) is 2.81. The molecule has 0 spiro atoms. The number of hydrogen-bond donors (Lipinski definition) is 3. The zero-order valence-electron chi connectivity index (χ0n) is 10.2. The number of carboxylic acids is 1. The van der Waals surface area contributed by atoms with Crippen LogP contribution in [0.1, 0.15) is 32.6 Å². The first-order valence-electron chi connectivity index (χ1n) is 5.89. The Kier molecular flexibility index (Phi) is 5.61. The van der Waals surface area contributed by atoms with E-state index in [1.807, 2.05) is 11.8 Å². The predicted molar refractivity (Wildman–Crippen MR) is 68.3 cm³/mol. The molecule has 0 aliphatic heterocycles. The van der Waals surface area contributed by atoms with Gasteiger partial charge in [-0.1, -0.05) is 6.92 Å². The number of rotatable bonds is 5. The molecule has 0 aromatic heterocycles. The molecular formula is C11H20N2O3S. The van der Waals surface area contributed by atoms with Gasteiger partial charge in [-0.05, 0) is 31.9 Å². The summed E-state index contributed by atoms with van der Waals surface area (Å²) in [5, 5.41) is 14.7. The van der Waals surface area contributed by atoms with Gasteiger partial charge >= 0.3 is 12.0 Å². The Morgan fingerprint density at radius 2 is 2.18 bits per heavy atom. The normalized spacial score (nSPS) is 25.3. The quantitative estimate of drug-likeness (QED) is 0.699. The summed E-state index contributed by atoms with van der Waals surface area (Å²) in [5.74, 6) is -0.990. The van der Waals surface area contributed by atoms with Crippen LogP contribution < -0.4 is 10.6 Å². The zero-order chi connectivity index (χ0) is 12.8. The second kappa shape index (κ2) is 6.74. The molecule has 6 heteroatoms. The molecule has 0 bridgehead atoms. The molecule has 1 rings (SSSR count). The van der Waals surface area contributed by atoms with Crippen molar-refractivity contribution in [2.75, 3.05) is 6.26 Å². The van der Waals surface area contributed by atoms with E-state index in [9.17, 15) is 9.59 Å². The van der Waals surface area contributed by atoms with Crippen LogP contribution in [0.5, 0.6) is 0 Å². The van der Waals surface area contributed by atoms with Gasteiger partial charge in [-0.3, -0.25) is 0 Å². The monoisotopic (exact) mass is 260 g/mol. The smallest absolute Gasteiger partial charge is 0.326 e. The number of carbonyl (C=O) groups is 2. The third-order valence-corrected chi connectivity index (χ3v) is 4.16. The molecule has 3 atom stereocenters. The topological polar surface area (TPSA) is 78.4 Å². The van der Waals surface area contributed by atoms with Crippen molar-refractivity contribution in [1.29, 1.82) is 0 Å². The van der Waals surface area contributed by atoms with Crippen molar-refractivity contribution in [1.82, 2.24) is 10.6 Å². The molecule has 0 aromatic rings. The van der Waals surface area contributed by atoms with Crippen molar-refractivity contribution in [2.45, 2.75) is 49.9 Å². The Morgan fingerprint density at radius 3 is 2.65 bits per heavy atom. The minimum absolute atomic E-state index is 0.179. The number of aliphatic carboxylic acids is 1. The number of hydrogen-bond acceptors (Lipinski definition) is 3.